The van der Waals surface area contributed by atoms with Crippen molar-refractivity contribution in [2.75, 3.05) is 13.7 Å². The first-order chi connectivity index (χ1) is 13.2. The fourth-order valence-corrected chi connectivity index (χ4v) is 3.22. The summed E-state index contributed by atoms with van der Waals surface area (Å²) in [5, 5.41) is 14.7. The summed E-state index contributed by atoms with van der Waals surface area (Å²) >= 11 is 0. The maximum Gasteiger partial charge on any atom is 0.279 e. The highest BCUT2D eigenvalue weighted by Gasteiger charge is 2.17. The molecule has 1 N–H and O–H groups in total. The molecule has 140 valence electrons. The van der Waals surface area contributed by atoms with Crippen LogP contribution in [0.4, 0.5) is 0 Å². The van der Waals surface area contributed by atoms with E-state index in [0.29, 0.717) is 17.5 Å². The summed E-state index contributed by atoms with van der Waals surface area (Å²) in [6.07, 6.45) is 6.25. The molecule has 2 atom stereocenters. The molecule has 27 heavy (non-hydrogen) atoms. The Balaban J connectivity index is 1.89. The molecular formula is C22H24N2O3. The number of aliphatic hydroxyl groups is 1. The molecule has 0 bridgehead atoms. The van der Waals surface area contributed by atoms with Gasteiger partial charge in [-0.2, -0.15) is 9.78 Å². The lowest BCUT2D eigenvalue weighted by molar-refractivity contribution is 0.0740. The minimum absolute atomic E-state index is 0.102. The minimum Gasteiger partial charge on any atom is -0.396 e. The molecule has 1 aromatic heterocycles. The van der Waals surface area contributed by atoms with Gasteiger partial charge in [0.2, 0.25) is 0 Å². The van der Waals surface area contributed by atoms with Gasteiger partial charge in [0.1, 0.15) is 0 Å². The van der Waals surface area contributed by atoms with E-state index in [1.54, 1.807) is 13.3 Å². The van der Waals surface area contributed by atoms with Gasteiger partial charge in [-0.1, -0.05) is 49.4 Å². The van der Waals surface area contributed by atoms with Gasteiger partial charge in [-0.05, 0) is 30.2 Å². The molecule has 3 rings (SSSR count). The number of hydrogen-bond donors (Lipinski definition) is 1. The Kier molecular flexibility index (Phi) is 6.16. The van der Waals surface area contributed by atoms with Gasteiger partial charge in [-0.15, -0.1) is 0 Å². The summed E-state index contributed by atoms with van der Waals surface area (Å²) in [4.78, 5) is 12.7. The van der Waals surface area contributed by atoms with Crippen LogP contribution in [0.3, 0.4) is 0 Å². The molecule has 0 unspecified atom stereocenters. The molecule has 0 amide bonds. The van der Waals surface area contributed by atoms with Crippen molar-refractivity contribution >= 4 is 10.8 Å². The van der Waals surface area contributed by atoms with Crippen molar-refractivity contribution in [3.8, 4) is 5.69 Å². The first-order valence-corrected chi connectivity index (χ1v) is 9.03. The summed E-state index contributed by atoms with van der Waals surface area (Å²) < 4.78 is 7.07. The average molecular weight is 364 g/mol. The monoisotopic (exact) mass is 364 g/mol. The number of hydrogen-bond acceptors (Lipinski definition) is 4. The Morgan fingerprint density at radius 3 is 2.63 bits per heavy atom. The third kappa shape index (κ3) is 4.15. The second-order valence-electron chi connectivity index (χ2n) is 6.50. The molecule has 0 radical (unpaired) electrons. The van der Waals surface area contributed by atoms with Crippen LogP contribution in [0.1, 0.15) is 25.0 Å². The van der Waals surface area contributed by atoms with E-state index in [1.807, 2.05) is 60.7 Å². The van der Waals surface area contributed by atoms with Crippen molar-refractivity contribution in [3.63, 3.8) is 0 Å². The fourth-order valence-electron chi connectivity index (χ4n) is 3.22. The second kappa shape index (κ2) is 8.75. The van der Waals surface area contributed by atoms with E-state index in [-0.39, 0.29) is 24.2 Å². The highest BCUT2D eigenvalue weighted by atomic mass is 16.5. The third-order valence-corrected chi connectivity index (χ3v) is 4.63. The number of methoxy groups -OCH3 is 1. The van der Waals surface area contributed by atoms with E-state index in [1.165, 1.54) is 4.68 Å². The number of fused-ring (bicyclic) bond motifs is 1. The van der Waals surface area contributed by atoms with Gasteiger partial charge < -0.3 is 9.84 Å². The molecule has 0 saturated heterocycles. The summed E-state index contributed by atoms with van der Waals surface area (Å²) in [5.41, 5.74) is 1.61. The van der Waals surface area contributed by atoms with Crippen LogP contribution >= 0.6 is 0 Å². The van der Waals surface area contributed by atoms with Gasteiger partial charge in [0.15, 0.2) is 0 Å². The lowest BCUT2D eigenvalue weighted by Crippen LogP contribution is -2.21. The van der Waals surface area contributed by atoms with Crippen LogP contribution in [0.15, 0.2) is 71.7 Å². The number of nitrogens with zero attached hydrogens (tertiary/aromatic N) is 2. The van der Waals surface area contributed by atoms with Crippen molar-refractivity contribution in [2.24, 2.45) is 5.92 Å². The van der Waals surface area contributed by atoms with Crippen molar-refractivity contribution in [1.82, 2.24) is 9.78 Å². The maximum atomic E-state index is 12.7. The summed E-state index contributed by atoms with van der Waals surface area (Å²) in [6, 6.07) is 15.1. The molecule has 0 aliphatic heterocycles. The van der Waals surface area contributed by atoms with E-state index in [2.05, 4.69) is 12.0 Å². The zero-order chi connectivity index (χ0) is 19.2. The molecule has 1 heterocycles. The Morgan fingerprint density at radius 1 is 1.19 bits per heavy atom. The molecule has 5 heteroatoms. The zero-order valence-electron chi connectivity index (χ0n) is 15.6. The molecule has 0 spiro atoms. The van der Waals surface area contributed by atoms with E-state index in [0.717, 1.165) is 10.9 Å². The zero-order valence-corrected chi connectivity index (χ0v) is 15.6. The number of aliphatic hydroxyl groups excluding tert-OH is 1. The summed E-state index contributed by atoms with van der Waals surface area (Å²) in [5.74, 6) is 0.161. The quantitative estimate of drug-likeness (QED) is 0.650. The van der Waals surface area contributed by atoms with Crippen LogP contribution in [-0.4, -0.2) is 28.6 Å². The van der Waals surface area contributed by atoms with Crippen LogP contribution in [0.25, 0.3) is 16.5 Å². The Bertz CT molecular complexity index is 977. The van der Waals surface area contributed by atoms with Crippen LogP contribution in [0, 0.1) is 5.92 Å². The van der Waals surface area contributed by atoms with Gasteiger partial charge >= 0.3 is 0 Å². The molecule has 0 aliphatic carbocycles. The standard InChI is InChI=1S/C22H24N2O3/c1-16(7-5-6-14-25)21(27-2)17-10-12-19(13-11-17)24-22(26)20-9-4-3-8-18(20)15-23-24/h3-5,7-13,15-16,21,25H,6,14H2,1-2H3/b7-5+/t16-,21+/m0/s1. The minimum atomic E-state index is -0.135. The van der Waals surface area contributed by atoms with Crippen molar-refractivity contribution in [3.05, 3.63) is 82.8 Å². The van der Waals surface area contributed by atoms with Crippen molar-refractivity contribution in [2.45, 2.75) is 19.4 Å². The lowest BCUT2D eigenvalue weighted by atomic mass is 9.96. The number of rotatable bonds is 7. The lowest BCUT2D eigenvalue weighted by Gasteiger charge is -2.21. The molecule has 0 aliphatic rings. The topological polar surface area (TPSA) is 64.4 Å². The Hall–Kier alpha value is -2.76. The molecule has 0 saturated carbocycles. The summed E-state index contributed by atoms with van der Waals surface area (Å²) in [7, 11) is 1.68. The predicted octanol–water partition coefficient (Wildman–Crippen LogP) is 3.65. The number of aromatic nitrogens is 2. The van der Waals surface area contributed by atoms with Crippen LogP contribution in [-0.2, 0) is 4.74 Å². The van der Waals surface area contributed by atoms with Gasteiger partial charge in [-0.3, -0.25) is 4.79 Å². The molecule has 5 nitrogen and oxygen atoms in total. The van der Waals surface area contributed by atoms with E-state index in [4.69, 9.17) is 9.84 Å². The molecular weight excluding hydrogens is 340 g/mol. The smallest absolute Gasteiger partial charge is 0.279 e. The van der Waals surface area contributed by atoms with Crippen LogP contribution in [0.5, 0.6) is 0 Å². The first kappa shape index (κ1) is 19.0. The first-order valence-electron chi connectivity index (χ1n) is 9.03. The highest BCUT2D eigenvalue weighted by molar-refractivity contribution is 5.80. The third-order valence-electron chi connectivity index (χ3n) is 4.63. The van der Waals surface area contributed by atoms with Crippen LogP contribution in [0.2, 0.25) is 0 Å². The molecule has 3 aromatic rings. The average Bonchev–Trinajstić information content (AvgIpc) is 2.70. The number of benzene rings is 2. The van der Waals surface area contributed by atoms with Crippen LogP contribution < -0.4 is 5.56 Å². The Morgan fingerprint density at radius 2 is 1.93 bits per heavy atom. The van der Waals surface area contributed by atoms with Crippen molar-refractivity contribution in [1.29, 1.82) is 0 Å². The SMILES string of the molecule is CO[C@@H](c1ccc(-n2ncc3ccccc3c2=O)cc1)[C@@H](C)/C=C/CCO. The number of ether oxygens (including phenoxy) is 1. The van der Waals surface area contributed by atoms with Gasteiger partial charge in [0.05, 0.1) is 23.4 Å². The fraction of sp³-hybridized carbons (Fsp3) is 0.273. The van der Waals surface area contributed by atoms with Crippen molar-refractivity contribution < 1.29 is 9.84 Å². The molecule has 0 fully saturated rings. The van der Waals surface area contributed by atoms with Gasteiger partial charge in [0.25, 0.3) is 5.56 Å². The second-order valence-corrected chi connectivity index (χ2v) is 6.50. The van der Waals surface area contributed by atoms with E-state index >= 15 is 0 Å². The normalized spacial score (nSPS) is 13.9. The Labute approximate surface area is 158 Å². The predicted molar refractivity (Wildman–Crippen MR) is 107 cm³/mol. The van der Waals surface area contributed by atoms with Gasteiger partial charge in [0, 0.05) is 25.0 Å². The summed E-state index contributed by atoms with van der Waals surface area (Å²) in [6.45, 7) is 2.22. The maximum absolute atomic E-state index is 12.7. The highest BCUT2D eigenvalue weighted by Crippen LogP contribution is 2.27. The largest absolute Gasteiger partial charge is 0.396 e. The van der Waals surface area contributed by atoms with E-state index < -0.39 is 0 Å². The van der Waals surface area contributed by atoms with E-state index in [9.17, 15) is 4.79 Å². The molecule has 2 aromatic carbocycles. The van der Waals surface area contributed by atoms with Gasteiger partial charge in [-0.25, -0.2) is 0 Å².